The molecule has 1 aromatic rings. The minimum Gasteiger partial charge on any atom is -0.508 e. The van der Waals surface area contributed by atoms with Gasteiger partial charge in [-0.1, -0.05) is 19.9 Å². The van der Waals surface area contributed by atoms with Crippen LogP contribution in [0.4, 0.5) is 0 Å². The topological polar surface area (TPSA) is 127 Å². The number of hydrogen-bond donors (Lipinski definition) is 5. The number of aromatic hydroxyl groups is 2. The lowest BCUT2D eigenvalue weighted by Crippen LogP contribution is -2.73. The smallest absolute Gasteiger partial charge is 0.342 e. The number of phenols is 2. The molecule has 7 heteroatoms. The summed E-state index contributed by atoms with van der Waals surface area (Å²) in [5.41, 5.74) is -1.57. The summed E-state index contributed by atoms with van der Waals surface area (Å²) in [6, 6.07) is 2.43. The number of aryl methyl sites for hydroxylation is 1. The van der Waals surface area contributed by atoms with Crippen LogP contribution in [0.1, 0.15) is 49.0 Å². The van der Waals surface area contributed by atoms with E-state index in [2.05, 4.69) is 0 Å². The predicted molar refractivity (Wildman–Crippen MR) is 108 cm³/mol. The van der Waals surface area contributed by atoms with Crippen molar-refractivity contribution in [1.82, 2.24) is 0 Å². The third-order valence-corrected chi connectivity index (χ3v) is 7.93. The van der Waals surface area contributed by atoms with E-state index in [1.165, 1.54) is 6.07 Å². The third-order valence-electron chi connectivity index (χ3n) is 7.93. The number of carbonyl (C=O) groups excluding carboxylic acids is 1. The Hall–Kier alpha value is -2.09. The van der Waals surface area contributed by atoms with E-state index in [0.29, 0.717) is 17.6 Å². The maximum Gasteiger partial charge on any atom is 0.342 e. The monoisotopic (exact) mass is 418 g/mol. The van der Waals surface area contributed by atoms with Gasteiger partial charge in [0.25, 0.3) is 0 Å². The van der Waals surface area contributed by atoms with Crippen LogP contribution in [0.15, 0.2) is 23.8 Å². The second-order valence-corrected chi connectivity index (χ2v) is 9.94. The van der Waals surface area contributed by atoms with Crippen molar-refractivity contribution in [2.75, 3.05) is 13.2 Å². The highest BCUT2D eigenvalue weighted by Gasteiger charge is 2.72. The molecular formula is C23H30O7. The van der Waals surface area contributed by atoms with E-state index in [4.69, 9.17) is 4.74 Å². The fourth-order valence-corrected chi connectivity index (χ4v) is 6.30. The van der Waals surface area contributed by atoms with Gasteiger partial charge in [-0.25, -0.2) is 4.79 Å². The zero-order chi connectivity index (χ0) is 22.1. The second kappa shape index (κ2) is 6.70. The van der Waals surface area contributed by atoms with Crippen molar-refractivity contribution in [2.45, 2.75) is 51.7 Å². The number of phenolic OH excluding ortho intramolecular Hbond substituents is 2. The molecule has 1 aromatic carbocycles. The van der Waals surface area contributed by atoms with Gasteiger partial charge in [0.15, 0.2) is 0 Å². The Morgan fingerprint density at radius 3 is 2.47 bits per heavy atom. The molecule has 0 spiro atoms. The van der Waals surface area contributed by atoms with Gasteiger partial charge in [0.05, 0.1) is 6.61 Å². The minimum absolute atomic E-state index is 0.0538. The summed E-state index contributed by atoms with van der Waals surface area (Å²) in [4.78, 5) is 12.8. The Morgan fingerprint density at radius 1 is 1.17 bits per heavy atom. The van der Waals surface area contributed by atoms with Gasteiger partial charge < -0.3 is 30.3 Å². The first-order valence-corrected chi connectivity index (χ1v) is 10.4. The maximum absolute atomic E-state index is 12.8. The molecular weight excluding hydrogens is 388 g/mol. The first kappa shape index (κ1) is 21.2. The van der Waals surface area contributed by atoms with Crippen LogP contribution < -0.4 is 0 Å². The average Bonchev–Trinajstić information content (AvgIpc) is 3.01. The van der Waals surface area contributed by atoms with Crippen molar-refractivity contribution in [3.63, 3.8) is 0 Å². The zero-order valence-corrected chi connectivity index (χ0v) is 17.6. The molecule has 164 valence electrons. The highest BCUT2D eigenvalue weighted by Crippen LogP contribution is 2.68. The second-order valence-electron chi connectivity index (χ2n) is 9.94. The number of fused-ring (bicyclic) bond motifs is 3. The number of carbonyl (C=O) groups is 1. The van der Waals surface area contributed by atoms with Crippen molar-refractivity contribution in [3.05, 3.63) is 34.9 Å². The number of aliphatic hydroxyl groups excluding tert-OH is 2. The number of benzene rings is 1. The Bertz CT molecular complexity index is 901. The van der Waals surface area contributed by atoms with Crippen LogP contribution in [0, 0.1) is 29.6 Å². The molecule has 2 fully saturated rings. The highest BCUT2D eigenvalue weighted by atomic mass is 16.6. The third kappa shape index (κ3) is 2.72. The van der Waals surface area contributed by atoms with Crippen LogP contribution in [-0.4, -0.2) is 56.4 Å². The zero-order valence-electron chi connectivity index (χ0n) is 17.6. The SMILES string of the molecule is Cc1cc(O)cc(O)c1C(=O)O[C@@H]1C[C@]2(C)[C@H]3C[C@@](C)(CO)C[C@H]3C=C(CO)[C@]12O. The van der Waals surface area contributed by atoms with Gasteiger partial charge in [0, 0.05) is 18.1 Å². The number of allylic oxidation sites excluding steroid dienone is 1. The Labute approximate surface area is 175 Å². The van der Waals surface area contributed by atoms with Crippen LogP contribution in [-0.2, 0) is 4.74 Å². The van der Waals surface area contributed by atoms with Crippen LogP contribution >= 0.6 is 0 Å². The first-order chi connectivity index (χ1) is 14.0. The summed E-state index contributed by atoms with van der Waals surface area (Å²) in [5, 5.41) is 51.2. The van der Waals surface area contributed by atoms with E-state index < -0.39 is 23.1 Å². The molecule has 0 saturated heterocycles. The molecule has 0 bridgehead atoms. The fourth-order valence-electron chi connectivity index (χ4n) is 6.30. The van der Waals surface area contributed by atoms with Gasteiger partial charge in [-0.2, -0.15) is 0 Å². The van der Waals surface area contributed by atoms with Crippen LogP contribution in [0.25, 0.3) is 0 Å². The molecule has 0 aromatic heterocycles. The van der Waals surface area contributed by atoms with E-state index in [1.807, 2.05) is 19.9 Å². The van der Waals surface area contributed by atoms with Gasteiger partial charge in [-0.15, -0.1) is 0 Å². The Kier molecular flexibility index (Phi) is 4.73. The molecule has 30 heavy (non-hydrogen) atoms. The van der Waals surface area contributed by atoms with Crippen LogP contribution in [0.2, 0.25) is 0 Å². The van der Waals surface area contributed by atoms with Crippen molar-refractivity contribution in [1.29, 1.82) is 0 Å². The molecule has 0 amide bonds. The minimum atomic E-state index is -1.50. The first-order valence-electron chi connectivity index (χ1n) is 10.4. The summed E-state index contributed by atoms with van der Waals surface area (Å²) in [7, 11) is 0. The Balaban J connectivity index is 1.64. The van der Waals surface area contributed by atoms with Gasteiger partial charge >= 0.3 is 5.97 Å². The highest BCUT2D eigenvalue weighted by molar-refractivity contribution is 5.94. The standard InChI is InChI=1S/C23H30O7/c1-12-4-15(26)6-17(27)19(12)20(28)30-18-9-22(3)16-8-21(2,11-25)7-13(16)5-14(10-24)23(18,22)29/h4-6,13,16,18,24-27,29H,7-11H2,1-3H3/t13-,16+,18-,21+,22-,23+/m1/s1. The number of hydrogen-bond acceptors (Lipinski definition) is 7. The van der Waals surface area contributed by atoms with Gasteiger partial charge in [-0.05, 0) is 60.6 Å². The van der Waals surface area contributed by atoms with Crippen molar-refractivity contribution in [3.8, 4) is 11.5 Å². The number of ether oxygens (including phenoxy) is 1. The lowest BCUT2D eigenvalue weighted by molar-refractivity contribution is -0.250. The van der Waals surface area contributed by atoms with E-state index >= 15 is 0 Å². The van der Waals surface area contributed by atoms with Gasteiger partial charge in [-0.3, -0.25) is 0 Å². The largest absolute Gasteiger partial charge is 0.508 e. The number of esters is 1. The van der Waals surface area contributed by atoms with E-state index in [-0.39, 0.29) is 47.5 Å². The molecule has 3 aliphatic rings. The van der Waals surface area contributed by atoms with Crippen molar-refractivity contribution < 1.29 is 35.1 Å². The lowest BCUT2D eigenvalue weighted by atomic mass is 9.44. The number of aliphatic hydroxyl groups is 3. The molecule has 0 heterocycles. The fraction of sp³-hybridized carbons (Fsp3) is 0.609. The molecule has 0 unspecified atom stereocenters. The summed E-state index contributed by atoms with van der Waals surface area (Å²) in [5.74, 6) is -1.07. The molecule has 3 aliphatic carbocycles. The van der Waals surface area contributed by atoms with Crippen molar-refractivity contribution in [2.24, 2.45) is 22.7 Å². The predicted octanol–water partition coefficient (Wildman–Crippen LogP) is 2.03. The molecule has 4 rings (SSSR count). The van der Waals surface area contributed by atoms with Gasteiger partial charge in [0.1, 0.15) is 28.8 Å². The summed E-state index contributed by atoms with van der Waals surface area (Å²) in [6.45, 7) is 5.29. The maximum atomic E-state index is 12.8. The van der Waals surface area contributed by atoms with E-state index in [9.17, 15) is 30.3 Å². The summed E-state index contributed by atoms with van der Waals surface area (Å²) < 4.78 is 5.64. The normalized spacial score (nSPS) is 39.5. The average molecular weight is 418 g/mol. The van der Waals surface area contributed by atoms with E-state index in [1.54, 1.807) is 6.92 Å². The molecule has 2 saturated carbocycles. The number of rotatable bonds is 4. The lowest BCUT2D eigenvalue weighted by Gasteiger charge is -2.65. The molecule has 5 N–H and O–H groups in total. The van der Waals surface area contributed by atoms with Crippen LogP contribution in [0.3, 0.4) is 0 Å². The van der Waals surface area contributed by atoms with Crippen molar-refractivity contribution >= 4 is 5.97 Å². The van der Waals surface area contributed by atoms with Crippen LogP contribution in [0.5, 0.6) is 11.5 Å². The Morgan fingerprint density at radius 2 is 1.87 bits per heavy atom. The summed E-state index contributed by atoms with van der Waals surface area (Å²) in [6.07, 6.45) is 3.00. The quantitative estimate of drug-likeness (QED) is 0.374. The summed E-state index contributed by atoms with van der Waals surface area (Å²) >= 11 is 0. The van der Waals surface area contributed by atoms with E-state index in [0.717, 1.165) is 18.9 Å². The molecule has 7 nitrogen and oxygen atoms in total. The van der Waals surface area contributed by atoms with Gasteiger partial charge in [0.2, 0.25) is 0 Å². The molecule has 0 radical (unpaired) electrons. The molecule has 0 aliphatic heterocycles. The molecule has 6 atom stereocenters.